The second kappa shape index (κ2) is 3.05. The molecule has 1 unspecified atom stereocenters. The van der Waals surface area contributed by atoms with Crippen molar-refractivity contribution in [2.75, 3.05) is 0 Å². The number of halogens is 1. The normalized spacial score (nSPS) is 21.2. The summed E-state index contributed by atoms with van der Waals surface area (Å²) in [6, 6.07) is 1.77. The highest BCUT2D eigenvalue weighted by Gasteiger charge is 2.19. The molecule has 1 aliphatic heterocycles. The second-order valence-corrected chi connectivity index (χ2v) is 3.63. The van der Waals surface area contributed by atoms with Gasteiger partial charge in [-0.2, -0.15) is 0 Å². The van der Waals surface area contributed by atoms with Crippen LogP contribution in [0.1, 0.15) is 21.7 Å². The van der Waals surface area contributed by atoms with E-state index in [1.165, 1.54) is 0 Å². The summed E-state index contributed by atoms with van der Waals surface area (Å²) in [6.45, 7) is 0.663. The fraction of sp³-hybridized carbons (Fsp3) is 0.375. The van der Waals surface area contributed by atoms with E-state index >= 15 is 0 Å². The van der Waals surface area contributed by atoms with E-state index in [-0.39, 0.29) is 5.50 Å². The molecule has 1 aliphatic rings. The van der Waals surface area contributed by atoms with Gasteiger partial charge in [0.1, 0.15) is 5.69 Å². The molecule has 2 heterocycles. The maximum Gasteiger partial charge on any atom is 0.265 e. The molecule has 0 saturated heterocycles. The van der Waals surface area contributed by atoms with Gasteiger partial charge < -0.3 is 10.7 Å². The first-order valence-corrected chi connectivity index (χ1v) is 4.48. The smallest absolute Gasteiger partial charge is 0.265 e. The third kappa shape index (κ3) is 1.55. The Bertz CT molecular complexity index is 347. The molecule has 2 rings (SSSR count). The zero-order valence-corrected chi connectivity index (χ0v) is 7.69. The largest absolute Gasteiger partial charge is 0.364 e. The number of hydrogen-bond acceptors (Lipinski definition) is 2. The zero-order chi connectivity index (χ0) is 9.42. The molecule has 0 saturated carbocycles. The zero-order valence-electron chi connectivity index (χ0n) is 6.93. The van der Waals surface area contributed by atoms with Gasteiger partial charge in [-0.25, -0.2) is 0 Å². The van der Waals surface area contributed by atoms with Crippen molar-refractivity contribution in [3.05, 3.63) is 23.0 Å². The van der Waals surface area contributed by atoms with Crippen LogP contribution in [0.15, 0.2) is 6.07 Å². The number of nitrogens with two attached hydrogens (primary N) is 1. The summed E-state index contributed by atoms with van der Waals surface area (Å²) < 4.78 is 0. The molecule has 0 aromatic carbocycles. The molecular formula is C8H10ClN3O. The van der Waals surface area contributed by atoms with E-state index in [2.05, 4.69) is 10.3 Å². The highest BCUT2D eigenvalue weighted by Crippen LogP contribution is 2.18. The number of amides is 1. The lowest BCUT2D eigenvalue weighted by Crippen LogP contribution is -2.30. The van der Waals surface area contributed by atoms with Crippen molar-refractivity contribution < 1.29 is 4.79 Å². The van der Waals surface area contributed by atoms with Gasteiger partial charge in [0.05, 0.1) is 5.50 Å². The SMILES string of the molecule is NC(=O)c1cc2c([nH]1)CNC(Cl)C2. The number of alkyl halides is 1. The Morgan fingerprint density at radius 3 is 3.15 bits per heavy atom. The Labute approximate surface area is 80.4 Å². The summed E-state index contributed by atoms with van der Waals surface area (Å²) in [5, 5.41) is 3.07. The van der Waals surface area contributed by atoms with Gasteiger partial charge in [-0.3, -0.25) is 10.1 Å². The summed E-state index contributed by atoms with van der Waals surface area (Å²) in [4.78, 5) is 13.8. The number of H-pyrrole nitrogens is 1. The standard InChI is InChI=1S/C8H10ClN3O/c9-7-2-4-1-5(8(10)13)12-6(4)3-11-7/h1,7,11-12H,2-3H2,(H2,10,13). The van der Waals surface area contributed by atoms with E-state index in [1.807, 2.05) is 0 Å². The van der Waals surface area contributed by atoms with Crippen LogP contribution < -0.4 is 11.1 Å². The van der Waals surface area contributed by atoms with Gasteiger partial charge in [0, 0.05) is 18.7 Å². The minimum Gasteiger partial charge on any atom is -0.364 e. The molecule has 0 fully saturated rings. The van der Waals surface area contributed by atoms with E-state index in [0.717, 1.165) is 17.7 Å². The van der Waals surface area contributed by atoms with E-state index < -0.39 is 5.91 Å². The minimum absolute atomic E-state index is 0.0518. The predicted molar refractivity (Wildman–Crippen MR) is 49.5 cm³/mol. The molecule has 4 N–H and O–H groups in total. The van der Waals surface area contributed by atoms with Crippen molar-refractivity contribution >= 4 is 17.5 Å². The number of carbonyl (C=O) groups is 1. The van der Waals surface area contributed by atoms with Crippen LogP contribution >= 0.6 is 11.6 Å². The molecule has 70 valence electrons. The summed E-state index contributed by atoms with van der Waals surface area (Å²) >= 11 is 5.89. The molecule has 0 aliphatic carbocycles. The van der Waals surface area contributed by atoms with E-state index in [0.29, 0.717) is 12.2 Å². The van der Waals surface area contributed by atoms with E-state index in [9.17, 15) is 4.79 Å². The topological polar surface area (TPSA) is 70.9 Å². The summed E-state index contributed by atoms with van der Waals surface area (Å²) in [5.41, 5.74) is 7.62. The molecule has 13 heavy (non-hydrogen) atoms. The number of fused-ring (bicyclic) bond motifs is 1. The van der Waals surface area contributed by atoms with Crippen molar-refractivity contribution in [1.29, 1.82) is 0 Å². The van der Waals surface area contributed by atoms with Crippen molar-refractivity contribution in [2.24, 2.45) is 5.73 Å². The van der Waals surface area contributed by atoms with Crippen LogP contribution in [0, 0.1) is 0 Å². The van der Waals surface area contributed by atoms with E-state index in [4.69, 9.17) is 17.3 Å². The number of aromatic nitrogens is 1. The van der Waals surface area contributed by atoms with Gasteiger partial charge >= 0.3 is 0 Å². The average Bonchev–Trinajstić information content (AvgIpc) is 2.46. The van der Waals surface area contributed by atoms with E-state index in [1.54, 1.807) is 6.07 Å². The summed E-state index contributed by atoms with van der Waals surface area (Å²) in [5.74, 6) is -0.430. The quantitative estimate of drug-likeness (QED) is 0.451. The van der Waals surface area contributed by atoms with Gasteiger partial charge in [-0.1, -0.05) is 0 Å². The lowest BCUT2D eigenvalue weighted by Gasteiger charge is -2.17. The molecule has 1 atom stereocenters. The Kier molecular flexibility index (Phi) is 2.01. The van der Waals surface area contributed by atoms with Crippen LogP contribution in [-0.4, -0.2) is 16.4 Å². The second-order valence-electron chi connectivity index (χ2n) is 3.10. The molecule has 1 aromatic rings. The number of hydrogen-bond donors (Lipinski definition) is 3. The number of rotatable bonds is 1. The first-order valence-electron chi connectivity index (χ1n) is 4.05. The average molecular weight is 200 g/mol. The predicted octanol–water partition coefficient (Wildman–Crippen LogP) is 0.324. The fourth-order valence-electron chi connectivity index (χ4n) is 1.49. The van der Waals surface area contributed by atoms with Gasteiger partial charge in [0.15, 0.2) is 0 Å². The van der Waals surface area contributed by atoms with Crippen molar-refractivity contribution in [2.45, 2.75) is 18.5 Å². The molecule has 1 amide bonds. The first kappa shape index (κ1) is 8.59. The Morgan fingerprint density at radius 1 is 1.69 bits per heavy atom. The fourth-order valence-corrected chi connectivity index (χ4v) is 1.73. The van der Waals surface area contributed by atoms with Gasteiger partial charge in [0.25, 0.3) is 5.91 Å². The summed E-state index contributed by atoms with van der Waals surface area (Å²) in [6.07, 6.45) is 0.723. The molecule has 1 aromatic heterocycles. The molecule has 0 spiro atoms. The van der Waals surface area contributed by atoms with Crippen LogP contribution in [0.2, 0.25) is 0 Å². The van der Waals surface area contributed by atoms with Crippen molar-refractivity contribution in [1.82, 2.24) is 10.3 Å². The van der Waals surface area contributed by atoms with Crippen LogP contribution in [0.4, 0.5) is 0 Å². The maximum atomic E-state index is 10.8. The summed E-state index contributed by atoms with van der Waals surface area (Å²) in [7, 11) is 0. The highest BCUT2D eigenvalue weighted by atomic mass is 35.5. The van der Waals surface area contributed by atoms with Crippen LogP contribution in [0.5, 0.6) is 0 Å². The van der Waals surface area contributed by atoms with Crippen molar-refractivity contribution in [3.63, 3.8) is 0 Å². The Hall–Kier alpha value is -1.00. The Morgan fingerprint density at radius 2 is 2.46 bits per heavy atom. The molecule has 4 nitrogen and oxygen atoms in total. The van der Waals surface area contributed by atoms with Gasteiger partial charge in [-0.05, 0) is 11.6 Å². The molecule has 0 bridgehead atoms. The highest BCUT2D eigenvalue weighted by molar-refractivity contribution is 6.20. The van der Waals surface area contributed by atoms with Gasteiger partial charge in [0.2, 0.25) is 0 Å². The van der Waals surface area contributed by atoms with Gasteiger partial charge in [-0.15, -0.1) is 11.6 Å². The molecular weight excluding hydrogens is 190 g/mol. The molecule has 5 heteroatoms. The first-order chi connectivity index (χ1) is 6.16. The Balaban J connectivity index is 2.33. The number of primary amides is 1. The number of aromatic amines is 1. The third-order valence-electron chi connectivity index (χ3n) is 2.16. The third-order valence-corrected chi connectivity index (χ3v) is 2.47. The monoisotopic (exact) mass is 199 g/mol. The molecule has 0 radical (unpaired) electrons. The van der Waals surface area contributed by atoms with Crippen molar-refractivity contribution in [3.8, 4) is 0 Å². The van der Waals surface area contributed by atoms with Crippen LogP contribution in [0.25, 0.3) is 0 Å². The minimum atomic E-state index is -0.430. The van der Waals surface area contributed by atoms with Crippen LogP contribution in [0.3, 0.4) is 0 Å². The number of nitrogens with one attached hydrogen (secondary N) is 2. The lowest BCUT2D eigenvalue weighted by atomic mass is 10.1. The number of carbonyl (C=O) groups excluding carboxylic acids is 1. The van der Waals surface area contributed by atoms with Crippen LogP contribution in [-0.2, 0) is 13.0 Å². The lowest BCUT2D eigenvalue weighted by molar-refractivity contribution is 0.0996. The maximum absolute atomic E-state index is 10.8.